The minimum Gasteiger partial charge on any atom is -0.459 e. The van der Waals surface area contributed by atoms with Gasteiger partial charge in [-0.25, -0.2) is 19.2 Å². The smallest absolute Gasteiger partial charge is 0.340 e. The predicted molar refractivity (Wildman–Crippen MR) is 149 cm³/mol. The van der Waals surface area contributed by atoms with Crippen molar-refractivity contribution < 1.29 is 42.9 Å². The molecule has 4 aromatic rings. The molecule has 1 fully saturated rings. The second kappa shape index (κ2) is 13.4. The van der Waals surface area contributed by atoms with Gasteiger partial charge >= 0.3 is 23.9 Å². The molecule has 1 heterocycles. The molecule has 0 N–H and O–H groups in total. The monoisotopic (exact) mass is 566 g/mol. The van der Waals surface area contributed by atoms with Crippen LogP contribution in [0.4, 0.5) is 0 Å². The zero-order chi connectivity index (χ0) is 29.3. The van der Waals surface area contributed by atoms with E-state index in [1.54, 1.807) is 121 Å². The summed E-state index contributed by atoms with van der Waals surface area (Å²) in [6.45, 7) is -0.390. The molecule has 0 aromatic heterocycles. The zero-order valence-corrected chi connectivity index (χ0v) is 22.2. The van der Waals surface area contributed by atoms with Gasteiger partial charge in [-0.2, -0.15) is 0 Å². The minimum absolute atomic E-state index is 0.220. The van der Waals surface area contributed by atoms with E-state index in [9.17, 15) is 19.2 Å². The van der Waals surface area contributed by atoms with Crippen LogP contribution in [0, 0.1) is 0 Å². The predicted octanol–water partition coefficient (Wildman–Crippen LogP) is 4.88. The summed E-state index contributed by atoms with van der Waals surface area (Å²) in [4.78, 5) is 51.9. The van der Waals surface area contributed by atoms with E-state index in [2.05, 4.69) is 0 Å². The van der Waals surface area contributed by atoms with Crippen LogP contribution in [0.5, 0.6) is 0 Å². The molecule has 9 nitrogen and oxygen atoms in total. The van der Waals surface area contributed by atoms with Crippen molar-refractivity contribution in [3.05, 3.63) is 144 Å². The number of benzene rings is 4. The first-order valence-electron chi connectivity index (χ1n) is 13.2. The summed E-state index contributed by atoms with van der Waals surface area (Å²) in [6.07, 6.45) is -5.33. The lowest BCUT2D eigenvalue weighted by molar-refractivity contribution is -0.141. The van der Waals surface area contributed by atoms with Crippen LogP contribution in [0.3, 0.4) is 0 Å². The number of rotatable bonds is 9. The van der Waals surface area contributed by atoms with Crippen LogP contribution >= 0.6 is 0 Å². The zero-order valence-electron chi connectivity index (χ0n) is 22.2. The summed E-state index contributed by atoms with van der Waals surface area (Å²) in [6, 6.07) is 32.8. The standard InChI is InChI=1S/C33H26O9/c34-29(22-13-5-1-6-14-22)38-21-26-27(40-30(35)23-15-7-2-8-16-23)28(41-31(36)24-17-9-3-10-18-24)33(39-26)42-32(37)25-19-11-4-12-20-25/h1-20,26-28,33H,21H2/t26-,27-,28-,33-/m1/s1. The third kappa shape index (κ3) is 6.89. The average Bonchev–Trinajstić information content (AvgIpc) is 3.35. The highest BCUT2D eigenvalue weighted by molar-refractivity contribution is 5.91. The van der Waals surface area contributed by atoms with Gasteiger partial charge in [0.05, 0.1) is 22.3 Å². The molecule has 4 aromatic carbocycles. The summed E-state index contributed by atoms with van der Waals surface area (Å²) in [5.41, 5.74) is 0.978. The van der Waals surface area contributed by atoms with Gasteiger partial charge in [-0.1, -0.05) is 72.8 Å². The van der Waals surface area contributed by atoms with Crippen molar-refractivity contribution in [3.63, 3.8) is 0 Å². The second-order valence-electron chi connectivity index (χ2n) is 9.25. The van der Waals surface area contributed by atoms with Gasteiger partial charge in [0, 0.05) is 0 Å². The van der Waals surface area contributed by atoms with E-state index in [1.165, 1.54) is 0 Å². The molecule has 212 valence electrons. The second-order valence-corrected chi connectivity index (χ2v) is 9.25. The topological polar surface area (TPSA) is 114 Å². The largest absolute Gasteiger partial charge is 0.459 e. The SMILES string of the molecule is O=C(OC[C@H]1O[C@H](OC(=O)c2ccccc2)[C@H](OC(=O)c2ccccc2)[C@@H]1OC(=O)c1ccccc1)c1ccccc1. The average molecular weight is 567 g/mol. The van der Waals surface area contributed by atoms with Crippen LogP contribution in [0.1, 0.15) is 41.4 Å². The normalized spacial score (nSPS) is 19.3. The van der Waals surface area contributed by atoms with Crippen molar-refractivity contribution in [2.24, 2.45) is 0 Å². The summed E-state index contributed by atoms with van der Waals surface area (Å²) >= 11 is 0. The number of hydrogen-bond acceptors (Lipinski definition) is 9. The Bertz CT molecular complexity index is 1510. The van der Waals surface area contributed by atoms with Gasteiger partial charge in [0.15, 0.2) is 6.10 Å². The van der Waals surface area contributed by atoms with E-state index in [1.807, 2.05) is 0 Å². The lowest BCUT2D eigenvalue weighted by Gasteiger charge is -2.24. The van der Waals surface area contributed by atoms with Gasteiger partial charge in [-0.05, 0) is 48.5 Å². The third-order valence-corrected chi connectivity index (χ3v) is 6.39. The number of hydrogen-bond donors (Lipinski definition) is 0. The number of carbonyl (C=O) groups excluding carboxylic acids is 4. The number of carbonyl (C=O) groups is 4. The Morgan fingerprint density at radius 1 is 0.476 bits per heavy atom. The van der Waals surface area contributed by atoms with Gasteiger partial charge in [0.1, 0.15) is 12.7 Å². The highest BCUT2D eigenvalue weighted by atomic mass is 16.8. The molecule has 0 unspecified atom stereocenters. The molecule has 0 spiro atoms. The summed E-state index contributed by atoms with van der Waals surface area (Å²) in [5, 5.41) is 0. The molecule has 0 radical (unpaired) electrons. The Labute approximate surface area is 241 Å². The van der Waals surface area contributed by atoms with Crippen molar-refractivity contribution in [1.29, 1.82) is 0 Å². The van der Waals surface area contributed by atoms with Crippen LogP contribution < -0.4 is 0 Å². The lowest BCUT2D eigenvalue weighted by Crippen LogP contribution is -2.42. The quantitative estimate of drug-likeness (QED) is 0.207. The fourth-order valence-corrected chi connectivity index (χ4v) is 4.28. The maximum absolute atomic E-state index is 13.1. The summed E-state index contributed by atoms with van der Waals surface area (Å²) < 4.78 is 28.6. The van der Waals surface area contributed by atoms with Crippen molar-refractivity contribution in [2.75, 3.05) is 6.61 Å². The number of ether oxygens (including phenoxy) is 5. The maximum Gasteiger partial charge on any atom is 0.340 e. The molecular formula is C33H26O9. The van der Waals surface area contributed by atoms with E-state index in [-0.39, 0.29) is 23.3 Å². The van der Waals surface area contributed by atoms with Crippen molar-refractivity contribution in [3.8, 4) is 0 Å². The van der Waals surface area contributed by atoms with Crippen LogP contribution in [0.25, 0.3) is 0 Å². The molecule has 9 heteroatoms. The Balaban J connectivity index is 1.43. The van der Waals surface area contributed by atoms with Crippen LogP contribution in [-0.2, 0) is 23.7 Å². The summed E-state index contributed by atoms with van der Waals surface area (Å²) in [7, 11) is 0. The molecule has 0 bridgehead atoms. The molecule has 42 heavy (non-hydrogen) atoms. The van der Waals surface area contributed by atoms with Crippen LogP contribution in [0.15, 0.2) is 121 Å². The van der Waals surface area contributed by atoms with Crippen LogP contribution in [0.2, 0.25) is 0 Å². The van der Waals surface area contributed by atoms with Crippen molar-refractivity contribution in [1.82, 2.24) is 0 Å². The maximum atomic E-state index is 13.1. The first-order valence-corrected chi connectivity index (χ1v) is 13.2. The number of esters is 4. The Morgan fingerprint density at radius 2 is 0.833 bits per heavy atom. The van der Waals surface area contributed by atoms with Gasteiger partial charge in [0.2, 0.25) is 12.4 Å². The van der Waals surface area contributed by atoms with E-state index in [0.717, 1.165) is 0 Å². The minimum atomic E-state index is -1.49. The van der Waals surface area contributed by atoms with Gasteiger partial charge in [-0.3, -0.25) is 0 Å². The molecule has 4 atom stereocenters. The molecule has 1 aliphatic heterocycles. The molecule has 0 aliphatic carbocycles. The first-order chi connectivity index (χ1) is 20.5. The van der Waals surface area contributed by atoms with Gasteiger partial charge < -0.3 is 23.7 Å². The Hall–Kier alpha value is -5.28. The van der Waals surface area contributed by atoms with Crippen molar-refractivity contribution in [2.45, 2.75) is 24.6 Å². The van der Waals surface area contributed by atoms with E-state index in [4.69, 9.17) is 23.7 Å². The van der Waals surface area contributed by atoms with Crippen LogP contribution in [-0.4, -0.2) is 55.1 Å². The molecule has 0 saturated carbocycles. The fourth-order valence-electron chi connectivity index (χ4n) is 4.28. The molecule has 1 aliphatic rings. The first kappa shape index (κ1) is 28.3. The van der Waals surface area contributed by atoms with E-state index >= 15 is 0 Å². The third-order valence-electron chi connectivity index (χ3n) is 6.39. The molecule has 1 saturated heterocycles. The van der Waals surface area contributed by atoms with Gasteiger partial charge in [-0.15, -0.1) is 0 Å². The summed E-state index contributed by atoms with van der Waals surface area (Å²) in [5.74, 6) is -2.89. The molecular weight excluding hydrogens is 540 g/mol. The van der Waals surface area contributed by atoms with Crippen molar-refractivity contribution >= 4 is 23.9 Å². The van der Waals surface area contributed by atoms with E-state index in [0.29, 0.717) is 5.56 Å². The Kier molecular flexibility index (Phi) is 9.00. The van der Waals surface area contributed by atoms with E-state index < -0.39 is 48.5 Å². The molecule has 5 rings (SSSR count). The lowest BCUT2D eigenvalue weighted by atomic mass is 10.1. The highest BCUT2D eigenvalue weighted by Gasteiger charge is 2.52. The van der Waals surface area contributed by atoms with Gasteiger partial charge in [0.25, 0.3) is 0 Å². The fraction of sp³-hybridized carbons (Fsp3) is 0.152. The molecule has 0 amide bonds. The highest BCUT2D eigenvalue weighted by Crippen LogP contribution is 2.30. The Morgan fingerprint density at radius 3 is 1.26 bits per heavy atom.